The van der Waals surface area contributed by atoms with Crippen LogP contribution < -0.4 is 9.47 Å². The Morgan fingerprint density at radius 3 is 2.52 bits per heavy atom. The Labute approximate surface area is 148 Å². The quantitative estimate of drug-likeness (QED) is 0.833. The molecule has 0 radical (unpaired) electrons. The molecule has 6 heteroatoms. The molecule has 2 heterocycles. The standard InChI is InChI=1S/C19H23N3O3/c1-24-16-6-7-18(25-2)17(13-16)19(23)22-11-9-21(10-12-22)14-15-5-3-4-8-20-15/h3-8,13H,9-12,14H2,1-2H3. The number of carbonyl (C=O) groups is 1. The van der Waals surface area contributed by atoms with Crippen LogP contribution in [0.15, 0.2) is 42.6 Å². The zero-order chi connectivity index (χ0) is 17.6. The lowest BCUT2D eigenvalue weighted by Gasteiger charge is -2.34. The molecule has 0 bridgehead atoms. The van der Waals surface area contributed by atoms with Gasteiger partial charge in [0.2, 0.25) is 0 Å². The fraction of sp³-hybridized carbons (Fsp3) is 0.368. The second kappa shape index (κ2) is 7.98. The molecule has 0 aliphatic carbocycles. The molecule has 132 valence electrons. The van der Waals surface area contributed by atoms with E-state index in [4.69, 9.17) is 9.47 Å². The maximum Gasteiger partial charge on any atom is 0.257 e. The van der Waals surface area contributed by atoms with Crippen molar-refractivity contribution in [2.24, 2.45) is 0 Å². The third-order valence-electron chi connectivity index (χ3n) is 4.41. The van der Waals surface area contributed by atoms with Gasteiger partial charge in [-0.25, -0.2) is 0 Å². The number of methoxy groups -OCH3 is 2. The minimum absolute atomic E-state index is 0.0202. The number of pyridine rings is 1. The van der Waals surface area contributed by atoms with Gasteiger partial charge in [0.1, 0.15) is 11.5 Å². The third-order valence-corrected chi connectivity index (χ3v) is 4.41. The van der Waals surface area contributed by atoms with Gasteiger partial charge in [0.25, 0.3) is 5.91 Å². The molecule has 0 unspecified atom stereocenters. The van der Waals surface area contributed by atoms with Gasteiger partial charge in [-0.1, -0.05) is 6.07 Å². The number of benzene rings is 1. The maximum absolute atomic E-state index is 12.9. The Balaban J connectivity index is 1.63. The molecule has 0 saturated carbocycles. The van der Waals surface area contributed by atoms with Crippen LogP contribution in [-0.4, -0.2) is 61.1 Å². The van der Waals surface area contributed by atoms with Crippen LogP contribution in [-0.2, 0) is 6.54 Å². The Morgan fingerprint density at radius 2 is 1.88 bits per heavy atom. The molecule has 1 aromatic heterocycles. The van der Waals surface area contributed by atoms with Gasteiger partial charge in [-0.05, 0) is 30.3 Å². The normalized spacial score (nSPS) is 15.0. The molecule has 1 aromatic carbocycles. The fourth-order valence-electron chi connectivity index (χ4n) is 2.98. The number of hydrogen-bond donors (Lipinski definition) is 0. The van der Waals surface area contributed by atoms with Crippen LogP contribution in [0.3, 0.4) is 0 Å². The number of carbonyl (C=O) groups excluding carboxylic acids is 1. The van der Waals surface area contributed by atoms with Crippen molar-refractivity contribution in [3.63, 3.8) is 0 Å². The second-order valence-corrected chi connectivity index (χ2v) is 5.96. The van der Waals surface area contributed by atoms with Crippen LogP contribution in [0.2, 0.25) is 0 Å². The Bertz CT molecular complexity index is 713. The summed E-state index contributed by atoms with van der Waals surface area (Å²) in [5, 5.41) is 0. The van der Waals surface area contributed by atoms with Crippen LogP contribution in [0.1, 0.15) is 16.1 Å². The molecular formula is C19H23N3O3. The first-order chi connectivity index (χ1) is 12.2. The summed E-state index contributed by atoms with van der Waals surface area (Å²) >= 11 is 0. The van der Waals surface area contributed by atoms with Crippen molar-refractivity contribution in [2.45, 2.75) is 6.54 Å². The first-order valence-electron chi connectivity index (χ1n) is 8.35. The van der Waals surface area contributed by atoms with E-state index in [1.807, 2.05) is 29.3 Å². The number of amides is 1. The summed E-state index contributed by atoms with van der Waals surface area (Å²) in [5.41, 5.74) is 1.59. The molecule has 1 amide bonds. The van der Waals surface area contributed by atoms with E-state index in [0.717, 1.165) is 25.3 Å². The minimum atomic E-state index is -0.0202. The highest BCUT2D eigenvalue weighted by atomic mass is 16.5. The molecule has 2 aromatic rings. The topological polar surface area (TPSA) is 54.9 Å². The van der Waals surface area contributed by atoms with Crippen LogP contribution in [0.4, 0.5) is 0 Å². The average Bonchev–Trinajstić information content (AvgIpc) is 2.68. The number of piperazine rings is 1. The highest BCUT2D eigenvalue weighted by Crippen LogP contribution is 2.25. The summed E-state index contributed by atoms with van der Waals surface area (Å²) in [7, 11) is 3.16. The lowest BCUT2D eigenvalue weighted by molar-refractivity contribution is 0.0623. The SMILES string of the molecule is COc1ccc(OC)c(C(=O)N2CCN(Cc3ccccn3)CC2)c1. The number of rotatable bonds is 5. The molecule has 3 rings (SSSR count). The van der Waals surface area contributed by atoms with E-state index >= 15 is 0 Å². The Kier molecular flexibility index (Phi) is 5.50. The van der Waals surface area contributed by atoms with Gasteiger partial charge in [-0.3, -0.25) is 14.7 Å². The molecule has 1 saturated heterocycles. The smallest absolute Gasteiger partial charge is 0.257 e. The first kappa shape index (κ1) is 17.2. The van der Waals surface area contributed by atoms with E-state index in [0.29, 0.717) is 30.2 Å². The number of hydrogen-bond acceptors (Lipinski definition) is 5. The summed E-state index contributed by atoms with van der Waals surface area (Å²) < 4.78 is 10.6. The van der Waals surface area contributed by atoms with Gasteiger partial charge in [-0.2, -0.15) is 0 Å². The molecule has 0 N–H and O–H groups in total. The highest BCUT2D eigenvalue weighted by Gasteiger charge is 2.24. The van der Waals surface area contributed by atoms with Crippen LogP contribution >= 0.6 is 0 Å². The van der Waals surface area contributed by atoms with E-state index in [-0.39, 0.29) is 5.91 Å². The summed E-state index contributed by atoms with van der Waals surface area (Å²) in [6, 6.07) is 11.2. The number of aromatic nitrogens is 1. The number of nitrogens with zero attached hydrogens (tertiary/aromatic N) is 3. The van der Waals surface area contributed by atoms with Gasteiger partial charge in [-0.15, -0.1) is 0 Å². The van der Waals surface area contributed by atoms with Crippen molar-refractivity contribution in [3.05, 3.63) is 53.9 Å². The summed E-state index contributed by atoms with van der Waals surface area (Å²) in [4.78, 5) is 21.4. The molecule has 0 atom stereocenters. The minimum Gasteiger partial charge on any atom is -0.497 e. The van der Waals surface area contributed by atoms with E-state index < -0.39 is 0 Å². The number of ether oxygens (including phenoxy) is 2. The van der Waals surface area contributed by atoms with Crippen molar-refractivity contribution in [3.8, 4) is 11.5 Å². The Morgan fingerprint density at radius 1 is 1.08 bits per heavy atom. The molecule has 1 fully saturated rings. The van der Waals surface area contributed by atoms with Gasteiger partial charge in [0.05, 0.1) is 25.5 Å². The van der Waals surface area contributed by atoms with Gasteiger partial charge in [0.15, 0.2) is 0 Å². The van der Waals surface area contributed by atoms with Crippen molar-refractivity contribution in [2.75, 3.05) is 40.4 Å². The predicted octanol–water partition coefficient (Wildman–Crippen LogP) is 2.06. The fourth-order valence-corrected chi connectivity index (χ4v) is 2.98. The van der Waals surface area contributed by atoms with E-state index in [9.17, 15) is 4.79 Å². The van der Waals surface area contributed by atoms with Crippen molar-refractivity contribution < 1.29 is 14.3 Å². The molecular weight excluding hydrogens is 318 g/mol. The van der Waals surface area contributed by atoms with Gasteiger partial charge < -0.3 is 14.4 Å². The second-order valence-electron chi connectivity index (χ2n) is 5.96. The monoisotopic (exact) mass is 341 g/mol. The summed E-state index contributed by atoms with van der Waals surface area (Å²) in [6.45, 7) is 3.84. The van der Waals surface area contributed by atoms with Gasteiger partial charge >= 0.3 is 0 Å². The largest absolute Gasteiger partial charge is 0.497 e. The molecule has 1 aliphatic heterocycles. The van der Waals surface area contributed by atoms with Crippen molar-refractivity contribution in [1.29, 1.82) is 0 Å². The first-order valence-corrected chi connectivity index (χ1v) is 8.35. The van der Waals surface area contributed by atoms with Crippen molar-refractivity contribution >= 4 is 5.91 Å². The van der Waals surface area contributed by atoms with Crippen LogP contribution in [0, 0.1) is 0 Å². The molecule has 25 heavy (non-hydrogen) atoms. The van der Waals surface area contributed by atoms with Gasteiger partial charge in [0, 0.05) is 38.9 Å². The third kappa shape index (κ3) is 4.09. The molecule has 6 nitrogen and oxygen atoms in total. The maximum atomic E-state index is 12.9. The van der Waals surface area contributed by atoms with Crippen LogP contribution in [0.25, 0.3) is 0 Å². The lowest BCUT2D eigenvalue weighted by Crippen LogP contribution is -2.48. The Hall–Kier alpha value is -2.60. The van der Waals surface area contributed by atoms with E-state index in [1.165, 1.54) is 0 Å². The average molecular weight is 341 g/mol. The molecule has 0 spiro atoms. The lowest BCUT2D eigenvalue weighted by atomic mass is 10.1. The molecule has 1 aliphatic rings. The van der Waals surface area contributed by atoms with E-state index in [1.54, 1.807) is 32.4 Å². The van der Waals surface area contributed by atoms with Crippen LogP contribution in [0.5, 0.6) is 11.5 Å². The zero-order valence-corrected chi connectivity index (χ0v) is 14.6. The predicted molar refractivity (Wildman–Crippen MR) is 95.0 cm³/mol. The highest BCUT2D eigenvalue weighted by molar-refractivity contribution is 5.97. The summed E-state index contributed by atoms with van der Waals surface area (Å²) in [6.07, 6.45) is 1.81. The van der Waals surface area contributed by atoms with E-state index in [2.05, 4.69) is 9.88 Å². The summed E-state index contributed by atoms with van der Waals surface area (Å²) in [5.74, 6) is 1.20. The zero-order valence-electron chi connectivity index (χ0n) is 14.6. The van der Waals surface area contributed by atoms with Crippen molar-refractivity contribution in [1.82, 2.24) is 14.8 Å².